The van der Waals surface area contributed by atoms with Crippen LogP contribution in [0.1, 0.15) is 0 Å². The zero-order chi connectivity index (χ0) is 12.0. The summed E-state index contributed by atoms with van der Waals surface area (Å²) in [6.07, 6.45) is 0. The van der Waals surface area contributed by atoms with Crippen LogP contribution < -0.4 is 10.2 Å². The molecule has 1 aromatic carbocycles. The van der Waals surface area contributed by atoms with Crippen LogP contribution in [0.3, 0.4) is 0 Å². The molecule has 0 aliphatic carbocycles. The van der Waals surface area contributed by atoms with Crippen molar-refractivity contribution in [2.45, 2.75) is 0 Å². The molecule has 0 aromatic heterocycles. The Bertz CT molecular complexity index is 483. The van der Waals surface area contributed by atoms with Crippen LogP contribution in [0.2, 0.25) is 5.02 Å². The van der Waals surface area contributed by atoms with Crippen LogP contribution in [0.5, 0.6) is 5.75 Å². The molecule has 1 aromatic rings. The number of hydrazone groups is 1. The zero-order valence-electron chi connectivity index (χ0n) is 8.36. The SMILES string of the molecule is COc1cc(Cl)ccc1NN=C(C#N)C#N. The molecule has 0 spiro atoms. The fraction of sp³-hybridized carbons (Fsp3) is 0.100. The van der Waals surface area contributed by atoms with E-state index in [9.17, 15) is 0 Å². The molecule has 80 valence electrons. The van der Waals surface area contributed by atoms with E-state index in [4.69, 9.17) is 26.9 Å². The van der Waals surface area contributed by atoms with E-state index in [-0.39, 0.29) is 5.71 Å². The van der Waals surface area contributed by atoms with Crippen LogP contribution in [-0.2, 0) is 0 Å². The minimum Gasteiger partial charge on any atom is -0.494 e. The van der Waals surface area contributed by atoms with Crippen molar-refractivity contribution in [1.82, 2.24) is 0 Å². The highest BCUT2D eigenvalue weighted by Crippen LogP contribution is 2.27. The lowest BCUT2D eigenvalue weighted by Crippen LogP contribution is -1.98. The van der Waals surface area contributed by atoms with E-state index in [2.05, 4.69) is 10.5 Å². The van der Waals surface area contributed by atoms with Gasteiger partial charge in [0.25, 0.3) is 0 Å². The Hall–Kier alpha value is -2.24. The van der Waals surface area contributed by atoms with Crippen molar-refractivity contribution in [1.29, 1.82) is 10.5 Å². The molecule has 0 aliphatic rings. The Labute approximate surface area is 97.5 Å². The molecule has 0 aliphatic heterocycles. The maximum Gasteiger partial charge on any atom is 0.237 e. The molecule has 1 N–H and O–H groups in total. The van der Waals surface area contributed by atoms with E-state index in [1.807, 2.05) is 0 Å². The number of rotatable bonds is 3. The number of benzene rings is 1. The van der Waals surface area contributed by atoms with Crippen LogP contribution in [0.4, 0.5) is 5.69 Å². The third-order valence-corrected chi connectivity index (χ3v) is 1.90. The standard InChI is InChI=1S/C10H7ClN4O/c1-16-10-4-7(11)2-3-9(10)15-14-8(5-12)6-13/h2-4,15H,1H3. The second-order valence-electron chi connectivity index (χ2n) is 2.64. The summed E-state index contributed by atoms with van der Waals surface area (Å²) < 4.78 is 5.04. The predicted octanol–water partition coefficient (Wildman–Crippen LogP) is 2.16. The number of nitrogens with zero attached hydrogens (tertiary/aromatic N) is 3. The van der Waals surface area contributed by atoms with Crippen molar-refractivity contribution in [3.63, 3.8) is 0 Å². The zero-order valence-corrected chi connectivity index (χ0v) is 9.12. The molecule has 6 heteroatoms. The van der Waals surface area contributed by atoms with Gasteiger partial charge in [0.2, 0.25) is 5.71 Å². The minimum absolute atomic E-state index is 0.267. The predicted molar refractivity (Wildman–Crippen MR) is 60.3 cm³/mol. The Balaban J connectivity index is 2.95. The molecule has 0 atom stereocenters. The molecule has 0 bridgehead atoms. The van der Waals surface area contributed by atoms with E-state index in [0.717, 1.165) is 0 Å². The number of hydrogen-bond donors (Lipinski definition) is 1. The molecule has 0 saturated carbocycles. The van der Waals surface area contributed by atoms with Gasteiger partial charge in [0.15, 0.2) is 0 Å². The summed E-state index contributed by atoms with van der Waals surface area (Å²) in [7, 11) is 1.48. The smallest absolute Gasteiger partial charge is 0.237 e. The number of hydrogen-bond acceptors (Lipinski definition) is 5. The van der Waals surface area contributed by atoms with Gasteiger partial charge in [0, 0.05) is 11.1 Å². The van der Waals surface area contributed by atoms with Crippen molar-refractivity contribution in [3.8, 4) is 17.9 Å². The van der Waals surface area contributed by atoms with Gasteiger partial charge >= 0.3 is 0 Å². The fourth-order valence-corrected chi connectivity index (χ4v) is 1.11. The maximum absolute atomic E-state index is 8.48. The van der Waals surface area contributed by atoms with E-state index < -0.39 is 0 Å². The number of nitriles is 2. The molecule has 0 fully saturated rings. The van der Waals surface area contributed by atoms with Gasteiger partial charge < -0.3 is 4.74 Å². The Morgan fingerprint density at radius 3 is 2.69 bits per heavy atom. The van der Waals surface area contributed by atoms with Gasteiger partial charge in [-0.05, 0) is 12.1 Å². The summed E-state index contributed by atoms with van der Waals surface area (Å²) in [5.41, 5.74) is 2.81. The molecular formula is C10H7ClN4O. The van der Waals surface area contributed by atoms with Gasteiger partial charge in [-0.1, -0.05) is 11.6 Å². The summed E-state index contributed by atoms with van der Waals surface area (Å²) in [5.74, 6) is 0.478. The van der Waals surface area contributed by atoms with E-state index >= 15 is 0 Å². The van der Waals surface area contributed by atoms with Crippen LogP contribution in [0.15, 0.2) is 23.3 Å². The van der Waals surface area contributed by atoms with E-state index in [1.165, 1.54) is 7.11 Å². The Kier molecular flexibility index (Phi) is 4.14. The maximum atomic E-state index is 8.48. The molecule has 0 amide bonds. The van der Waals surface area contributed by atoms with Gasteiger partial charge in [0.1, 0.15) is 17.9 Å². The first-order chi connectivity index (χ1) is 7.71. The highest BCUT2D eigenvalue weighted by Gasteiger charge is 2.03. The first-order valence-electron chi connectivity index (χ1n) is 4.18. The minimum atomic E-state index is -0.267. The summed E-state index contributed by atoms with van der Waals surface area (Å²) in [6.45, 7) is 0. The first-order valence-corrected chi connectivity index (χ1v) is 4.56. The molecule has 16 heavy (non-hydrogen) atoms. The molecule has 0 unspecified atom stereocenters. The normalized spacial score (nSPS) is 8.50. The average molecular weight is 235 g/mol. The lowest BCUT2D eigenvalue weighted by Gasteiger charge is -2.07. The Morgan fingerprint density at radius 1 is 1.44 bits per heavy atom. The van der Waals surface area contributed by atoms with Crippen LogP contribution >= 0.6 is 11.6 Å². The van der Waals surface area contributed by atoms with E-state index in [0.29, 0.717) is 16.5 Å². The molecule has 1 rings (SSSR count). The molecule has 0 saturated heterocycles. The number of halogens is 1. The monoisotopic (exact) mass is 234 g/mol. The quantitative estimate of drug-likeness (QED) is 0.642. The fourth-order valence-electron chi connectivity index (χ4n) is 0.949. The topological polar surface area (TPSA) is 81.2 Å². The first kappa shape index (κ1) is 11.8. The van der Waals surface area contributed by atoms with Gasteiger partial charge in [-0.2, -0.15) is 15.6 Å². The average Bonchev–Trinajstić information content (AvgIpc) is 2.31. The van der Waals surface area contributed by atoms with Gasteiger partial charge in [-0.15, -0.1) is 0 Å². The summed E-state index contributed by atoms with van der Waals surface area (Å²) >= 11 is 5.76. The van der Waals surface area contributed by atoms with Crippen molar-refractivity contribution in [2.24, 2.45) is 5.10 Å². The largest absolute Gasteiger partial charge is 0.494 e. The highest BCUT2D eigenvalue weighted by molar-refractivity contribution is 6.30. The van der Waals surface area contributed by atoms with Gasteiger partial charge in [0.05, 0.1) is 12.8 Å². The molecule has 0 radical (unpaired) electrons. The number of nitrogens with one attached hydrogen (secondary N) is 1. The van der Waals surface area contributed by atoms with Gasteiger partial charge in [-0.25, -0.2) is 0 Å². The summed E-state index contributed by atoms with van der Waals surface area (Å²) in [6, 6.07) is 8.13. The summed E-state index contributed by atoms with van der Waals surface area (Å²) in [5, 5.41) is 21.1. The number of ether oxygens (including phenoxy) is 1. The number of anilines is 1. The molecule has 0 heterocycles. The third-order valence-electron chi connectivity index (χ3n) is 1.66. The van der Waals surface area contributed by atoms with Gasteiger partial charge in [-0.3, -0.25) is 5.43 Å². The lowest BCUT2D eigenvalue weighted by molar-refractivity contribution is 0.416. The second kappa shape index (κ2) is 5.59. The van der Waals surface area contributed by atoms with Crippen LogP contribution in [0.25, 0.3) is 0 Å². The molecule has 5 nitrogen and oxygen atoms in total. The second-order valence-corrected chi connectivity index (χ2v) is 3.08. The lowest BCUT2D eigenvalue weighted by atomic mass is 10.3. The van der Waals surface area contributed by atoms with Crippen LogP contribution in [0, 0.1) is 22.7 Å². The van der Waals surface area contributed by atoms with Crippen molar-refractivity contribution >= 4 is 23.0 Å². The summed E-state index contributed by atoms with van der Waals surface area (Å²) in [4.78, 5) is 0. The van der Waals surface area contributed by atoms with Crippen molar-refractivity contribution in [2.75, 3.05) is 12.5 Å². The Morgan fingerprint density at radius 2 is 2.12 bits per heavy atom. The van der Waals surface area contributed by atoms with Crippen molar-refractivity contribution < 1.29 is 4.74 Å². The van der Waals surface area contributed by atoms with E-state index in [1.54, 1.807) is 30.3 Å². The van der Waals surface area contributed by atoms with Crippen LogP contribution in [-0.4, -0.2) is 12.8 Å². The number of methoxy groups -OCH3 is 1. The third kappa shape index (κ3) is 2.88. The molecular weight excluding hydrogens is 228 g/mol. The highest BCUT2D eigenvalue weighted by atomic mass is 35.5. The van der Waals surface area contributed by atoms with Crippen molar-refractivity contribution in [3.05, 3.63) is 23.2 Å².